The monoisotopic (exact) mass is 321 g/mol. The fraction of sp³-hybridized carbons (Fsp3) is 0.455. The van der Waals surface area contributed by atoms with Gasteiger partial charge >= 0.3 is 0 Å². The number of thiocarbonyl (C=S) groups is 1. The molecule has 1 rings (SSSR count). The highest BCUT2D eigenvalue weighted by Gasteiger charge is 2.24. The van der Waals surface area contributed by atoms with Crippen LogP contribution in [-0.4, -0.2) is 49.5 Å². The zero-order chi connectivity index (χ0) is 15.2. The SMILES string of the molecule is COCCN(CCC(N)=S)S(=O)(=O)c1cncc(F)c1. The Kier molecular flexibility index (Phi) is 6.40. The molecule has 2 N–H and O–H groups in total. The molecule has 0 aliphatic rings. The molecule has 1 heterocycles. The predicted octanol–water partition coefficient (Wildman–Crippen LogP) is 0.534. The lowest BCUT2D eigenvalue weighted by Gasteiger charge is -2.21. The molecule has 0 fully saturated rings. The second-order valence-corrected chi connectivity index (χ2v) is 6.41. The average Bonchev–Trinajstić information content (AvgIpc) is 2.38. The van der Waals surface area contributed by atoms with Gasteiger partial charge in [-0.3, -0.25) is 4.98 Å². The summed E-state index contributed by atoms with van der Waals surface area (Å²) in [6, 6.07) is 0.920. The molecular weight excluding hydrogens is 305 g/mol. The fourth-order valence-corrected chi connectivity index (χ4v) is 2.95. The smallest absolute Gasteiger partial charge is 0.244 e. The van der Waals surface area contributed by atoms with Crippen LogP contribution in [0.1, 0.15) is 6.42 Å². The van der Waals surface area contributed by atoms with Gasteiger partial charge in [0.05, 0.1) is 17.8 Å². The van der Waals surface area contributed by atoms with Crippen molar-refractivity contribution in [3.63, 3.8) is 0 Å². The topological polar surface area (TPSA) is 85.5 Å². The molecule has 0 spiro atoms. The first-order chi connectivity index (χ1) is 9.37. The second-order valence-electron chi connectivity index (χ2n) is 3.95. The van der Waals surface area contributed by atoms with E-state index in [1.807, 2.05) is 0 Å². The lowest BCUT2D eigenvalue weighted by atomic mass is 10.4. The van der Waals surface area contributed by atoms with Crippen LogP contribution in [0.2, 0.25) is 0 Å². The molecule has 20 heavy (non-hydrogen) atoms. The van der Waals surface area contributed by atoms with Gasteiger partial charge in [0.2, 0.25) is 10.0 Å². The Labute approximate surface area is 122 Å². The molecule has 0 bridgehead atoms. The lowest BCUT2D eigenvalue weighted by molar-refractivity contribution is 0.179. The number of halogens is 1. The summed E-state index contributed by atoms with van der Waals surface area (Å²) in [5.74, 6) is -0.716. The fourth-order valence-electron chi connectivity index (χ4n) is 1.46. The quantitative estimate of drug-likeness (QED) is 0.703. The Hall–Kier alpha value is -1.16. The van der Waals surface area contributed by atoms with Gasteiger partial charge < -0.3 is 10.5 Å². The molecule has 0 amide bonds. The van der Waals surface area contributed by atoms with E-state index in [0.29, 0.717) is 0 Å². The predicted molar refractivity (Wildman–Crippen MR) is 76.2 cm³/mol. The van der Waals surface area contributed by atoms with Crippen LogP contribution in [0.3, 0.4) is 0 Å². The second kappa shape index (κ2) is 7.58. The van der Waals surface area contributed by atoms with Crippen molar-refractivity contribution in [2.45, 2.75) is 11.3 Å². The van der Waals surface area contributed by atoms with Crippen LogP contribution < -0.4 is 5.73 Å². The van der Waals surface area contributed by atoms with Gasteiger partial charge in [-0.25, -0.2) is 12.8 Å². The summed E-state index contributed by atoms with van der Waals surface area (Å²) in [5.41, 5.74) is 5.38. The van der Waals surface area contributed by atoms with Crippen molar-refractivity contribution >= 4 is 27.2 Å². The highest BCUT2D eigenvalue weighted by Crippen LogP contribution is 2.15. The first kappa shape index (κ1) is 16.9. The summed E-state index contributed by atoms with van der Waals surface area (Å²) < 4.78 is 43.9. The third kappa shape index (κ3) is 4.75. The molecule has 6 nitrogen and oxygen atoms in total. The number of nitrogens with two attached hydrogens (primary N) is 1. The molecule has 1 aromatic heterocycles. The number of hydrogen-bond acceptors (Lipinski definition) is 5. The standard InChI is InChI=1S/C11H16FN3O3S2/c1-18-5-4-15(3-2-11(13)19)20(16,17)10-6-9(12)7-14-8-10/h6-8H,2-5H2,1H3,(H2,13,19). The summed E-state index contributed by atoms with van der Waals surface area (Å²) in [7, 11) is -2.40. The maximum Gasteiger partial charge on any atom is 0.244 e. The van der Waals surface area contributed by atoms with Crippen molar-refractivity contribution < 1.29 is 17.5 Å². The minimum absolute atomic E-state index is 0.109. The number of methoxy groups -OCH3 is 1. The van der Waals surface area contributed by atoms with Crippen LogP contribution in [0.15, 0.2) is 23.4 Å². The van der Waals surface area contributed by atoms with Crippen molar-refractivity contribution in [1.29, 1.82) is 0 Å². The van der Waals surface area contributed by atoms with Crippen LogP contribution in [0, 0.1) is 5.82 Å². The molecule has 0 atom stereocenters. The van der Waals surface area contributed by atoms with E-state index in [1.54, 1.807) is 0 Å². The Morgan fingerprint density at radius 2 is 2.20 bits per heavy atom. The van der Waals surface area contributed by atoms with Gasteiger partial charge in [0, 0.05) is 32.8 Å². The molecule has 0 radical (unpaired) electrons. The van der Waals surface area contributed by atoms with E-state index in [2.05, 4.69) is 4.98 Å². The summed E-state index contributed by atoms with van der Waals surface area (Å²) in [6.45, 7) is 0.439. The summed E-state index contributed by atoms with van der Waals surface area (Å²) in [5, 5.41) is 0. The van der Waals surface area contributed by atoms with Gasteiger partial charge in [0.15, 0.2) is 0 Å². The molecule has 0 unspecified atom stereocenters. The molecule has 0 saturated carbocycles. The number of nitrogens with zero attached hydrogens (tertiary/aromatic N) is 2. The minimum Gasteiger partial charge on any atom is -0.393 e. The number of hydrogen-bond donors (Lipinski definition) is 1. The van der Waals surface area contributed by atoms with Crippen molar-refractivity contribution in [1.82, 2.24) is 9.29 Å². The van der Waals surface area contributed by atoms with Crippen LogP contribution in [-0.2, 0) is 14.8 Å². The zero-order valence-electron chi connectivity index (χ0n) is 11.0. The van der Waals surface area contributed by atoms with Gasteiger partial charge in [-0.15, -0.1) is 0 Å². The summed E-state index contributed by atoms with van der Waals surface area (Å²) >= 11 is 4.74. The lowest BCUT2D eigenvalue weighted by Crippen LogP contribution is -2.36. The molecule has 1 aromatic rings. The van der Waals surface area contributed by atoms with Crippen LogP contribution in [0.4, 0.5) is 4.39 Å². The molecular formula is C11H16FN3O3S2. The number of rotatable bonds is 8. The van der Waals surface area contributed by atoms with E-state index in [0.717, 1.165) is 22.8 Å². The maximum absolute atomic E-state index is 13.1. The minimum atomic E-state index is -3.86. The highest BCUT2D eigenvalue weighted by molar-refractivity contribution is 7.89. The van der Waals surface area contributed by atoms with Crippen molar-refractivity contribution in [2.75, 3.05) is 26.8 Å². The molecule has 112 valence electrons. The Bertz CT molecular complexity index is 566. The average molecular weight is 321 g/mol. The Morgan fingerprint density at radius 1 is 1.50 bits per heavy atom. The van der Waals surface area contributed by atoms with Gasteiger partial charge in [0.25, 0.3) is 0 Å². The Balaban J connectivity index is 3.00. The van der Waals surface area contributed by atoms with Crippen LogP contribution in [0.25, 0.3) is 0 Å². The number of ether oxygens (including phenoxy) is 1. The third-order valence-corrected chi connectivity index (χ3v) is 4.54. The first-order valence-corrected chi connectivity index (χ1v) is 7.60. The number of pyridine rings is 1. The Morgan fingerprint density at radius 3 is 2.75 bits per heavy atom. The maximum atomic E-state index is 13.1. The van der Waals surface area contributed by atoms with Gasteiger partial charge in [-0.1, -0.05) is 12.2 Å². The first-order valence-electron chi connectivity index (χ1n) is 5.76. The molecule has 0 aliphatic heterocycles. The normalized spacial score (nSPS) is 11.8. The molecule has 0 aliphatic carbocycles. The van der Waals surface area contributed by atoms with E-state index in [4.69, 9.17) is 22.7 Å². The highest BCUT2D eigenvalue weighted by atomic mass is 32.2. The molecule has 9 heteroatoms. The van der Waals surface area contributed by atoms with Gasteiger partial charge in [0.1, 0.15) is 10.7 Å². The zero-order valence-corrected chi connectivity index (χ0v) is 12.6. The number of sulfonamides is 1. The summed E-state index contributed by atoms with van der Waals surface area (Å²) in [4.78, 5) is 3.54. The van der Waals surface area contributed by atoms with E-state index in [-0.39, 0.29) is 36.0 Å². The van der Waals surface area contributed by atoms with E-state index in [9.17, 15) is 12.8 Å². The van der Waals surface area contributed by atoms with Crippen molar-refractivity contribution in [2.24, 2.45) is 5.73 Å². The largest absolute Gasteiger partial charge is 0.393 e. The molecule has 0 saturated heterocycles. The van der Waals surface area contributed by atoms with E-state index < -0.39 is 15.8 Å². The summed E-state index contributed by atoms with van der Waals surface area (Å²) in [6.07, 6.45) is 2.27. The van der Waals surface area contributed by atoms with Crippen molar-refractivity contribution in [3.05, 3.63) is 24.3 Å². The van der Waals surface area contributed by atoms with Crippen LogP contribution in [0.5, 0.6) is 0 Å². The van der Waals surface area contributed by atoms with Gasteiger partial charge in [-0.05, 0) is 6.07 Å². The molecule has 0 aromatic carbocycles. The van der Waals surface area contributed by atoms with Crippen molar-refractivity contribution in [3.8, 4) is 0 Å². The third-order valence-electron chi connectivity index (χ3n) is 2.47. The van der Waals surface area contributed by atoms with E-state index >= 15 is 0 Å². The van der Waals surface area contributed by atoms with Gasteiger partial charge in [-0.2, -0.15) is 4.31 Å². The van der Waals surface area contributed by atoms with Crippen LogP contribution >= 0.6 is 12.2 Å². The van der Waals surface area contributed by atoms with E-state index in [1.165, 1.54) is 7.11 Å². The number of aromatic nitrogens is 1.